The maximum atomic E-state index is 12.1. The third-order valence-electron chi connectivity index (χ3n) is 3.72. The average molecular weight is 359 g/mol. The number of hydrogen-bond donors (Lipinski definition) is 2. The first-order valence-electron chi connectivity index (χ1n) is 7.92. The molecule has 1 amide bonds. The predicted molar refractivity (Wildman–Crippen MR) is 93.5 cm³/mol. The summed E-state index contributed by atoms with van der Waals surface area (Å²) < 4.78 is 14.8. The van der Waals surface area contributed by atoms with Crippen LogP contribution in [0.3, 0.4) is 0 Å². The molecule has 0 radical (unpaired) electrons. The van der Waals surface area contributed by atoms with Crippen LogP contribution in [0.1, 0.15) is 17.2 Å². The summed E-state index contributed by atoms with van der Waals surface area (Å²) in [5.41, 5.74) is 1.32. The lowest BCUT2D eigenvalue weighted by Gasteiger charge is -2.23. The summed E-state index contributed by atoms with van der Waals surface area (Å²) in [7, 11) is 2.68. The topological polar surface area (TPSA) is 94.1 Å². The third kappa shape index (κ3) is 5.22. The van der Waals surface area contributed by atoms with Crippen LogP contribution >= 0.6 is 0 Å². The molecule has 0 saturated carbocycles. The Balaban J connectivity index is 2.09. The van der Waals surface area contributed by atoms with Crippen molar-refractivity contribution in [1.29, 1.82) is 0 Å². The van der Waals surface area contributed by atoms with E-state index < -0.39 is 24.2 Å². The summed E-state index contributed by atoms with van der Waals surface area (Å²) >= 11 is 0. The van der Waals surface area contributed by atoms with Gasteiger partial charge in [0.15, 0.2) is 6.10 Å². The van der Waals surface area contributed by atoms with Crippen LogP contribution in [-0.4, -0.2) is 37.5 Å². The third-order valence-corrected chi connectivity index (χ3v) is 3.72. The van der Waals surface area contributed by atoms with Gasteiger partial charge in [-0.1, -0.05) is 42.5 Å². The summed E-state index contributed by atoms with van der Waals surface area (Å²) in [4.78, 5) is 23.8. The van der Waals surface area contributed by atoms with E-state index in [0.29, 0.717) is 11.3 Å². The van der Waals surface area contributed by atoms with Gasteiger partial charge in [0.05, 0.1) is 20.3 Å². The Labute approximate surface area is 151 Å². The van der Waals surface area contributed by atoms with Crippen molar-refractivity contribution in [3.63, 3.8) is 0 Å². The highest BCUT2D eigenvalue weighted by Gasteiger charge is 2.30. The van der Waals surface area contributed by atoms with Crippen LogP contribution in [-0.2, 0) is 20.9 Å². The highest BCUT2D eigenvalue weighted by atomic mass is 16.6. The number of esters is 1. The fourth-order valence-corrected chi connectivity index (χ4v) is 2.30. The Morgan fingerprint density at radius 1 is 1.04 bits per heavy atom. The van der Waals surface area contributed by atoms with E-state index in [1.54, 1.807) is 24.3 Å². The number of aliphatic hydroxyl groups is 1. The number of hydrogen-bond acceptors (Lipinski definition) is 6. The summed E-state index contributed by atoms with van der Waals surface area (Å²) in [5.74, 6) is -0.263. The molecule has 2 aromatic rings. The van der Waals surface area contributed by atoms with E-state index in [9.17, 15) is 14.7 Å². The second kappa shape index (κ2) is 9.43. The Hall–Kier alpha value is -3.06. The zero-order chi connectivity index (χ0) is 18.9. The quantitative estimate of drug-likeness (QED) is 0.736. The van der Waals surface area contributed by atoms with Crippen LogP contribution in [0.5, 0.6) is 5.75 Å². The van der Waals surface area contributed by atoms with Crippen molar-refractivity contribution < 1.29 is 28.9 Å². The van der Waals surface area contributed by atoms with E-state index >= 15 is 0 Å². The molecule has 7 nitrogen and oxygen atoms in total. The maximum absolute atomic E-state index is 12.1. The minimum absolute atomic E-state index is 0.0658. The molecule has 0 bridgehead atoms. The number of nitrogens with one attached hydrogen (secondary N) is 1. The molecule has 0 aliphatic heterocycles. The summed E-state index contributed by atoms with van der Waals surface area (Å²) in [6.45, 7) is 0.0658. The van der Waals surface area contributed by atoms with E-state index in [1.165, 1.54) is 7.11 Å². The van der Waals surface area contributed by atoms with Crippen LogP contribution in [0.2, 0.25) is 0 Å². The molecular formula is C19H21NO6. The van der Waals surface area contributed by atoms with Crippen LogP contribution in [0.4, 0.5) is 4.79 Å². The Kier molecular flexibility index (Phi) is 6.99. The van der Waals surface area contributed by atoms with Crippen molar-refractivity contribution >= 4 is 12.1 Å². The molecule has 2 aromatic carbocycles. The van der Waals surface area contributed by atoms with E-state index in [0.717, 1.165) is 12.7 Å². The smallest absolute Gasteiger partial charge is 0.408 e. The zero-order valence-electron chi connectivity index (χ0n) is 14.5. The molecule has 0 unspecified atom stereocenters. The van der Waals surface area contributed by atoms with Gasteiger partial charge in [-0.3, -0.25) is 0 Å². The Morgan fingerprint density at radius 2 is 1.69 bits per heavy atom. The first-order valence-corrected chi connectivity index (χ1v) is 7.92. The number of rotatable bonds is 7. The number of carbonyl (C=O) groups is 2. The molecule has 0 spiro atoms. The average Bonchev–Trinajstić information content (AvgIpc) is 2.70. The second-order valence-corrected chi connectivity index (χ2v) is 5.42. The normalized spacial score (nSPS) is 12.6. The lowest BCUT2D eigenvalue weighted by Crippen LogP contribution is -2.41. The molecule has 2 rings (SSSR count). The lowest BCUT2D eigenvalue weighted by atomic mass is 10.0. The van der Waals surface area contributed by atoms with Gasteiger partial charge in [-0.05, 0) is 23.3 Å². The molecule has 0 aliphatic rings. The van der Waals surface area contributed by atoms with Gasteiger partial charge in [0.2, 0.25) is 0 Å². The number of aliphatic hydroxyl groups excluding tert-OH is 1. The van der Waals surface area contributed by atoms with Crippen LogP contribution in [0.15, 0.2) is 54.6 Å². The molecule has 0 aromatic heterocycles. The standard InChI is InChI=1S/C19H21NO6/c1-24-15-10-8-14(9-11-15)16(17(21)18(22)25-2)20-19(23)26-12-13-6-4-3-5-7-13/h3-11,16-17,21H,12H2,1-2H3,(H,20,23)/t16-,17-/m1/s1. The number of alkyl carbamates (subject to hydrolysis) is 1. The molecule has 138 valence electrons. The van der Waals surface area contributed by atoms with Crippen LogP contribution < -0.4 is 10.1 Å². The number of methoxy groups -OCH3 is 2. The van der Waals surface area contributed by atoms with Gasteiger partial charge in [0, 0.05) is 0 Å². The highest BCUT2D eigenvalue weighted by molar-refractivity contribution is 5.77. The number of benzene rings is 2. The summed E-state index contributed by atoms with van der Waals surface area (Å²) in [6, 6.07) is 14.7. The van der Waals surface area contributed by atoms with E-state index in [-0.39, 0.29) is 6.61 Å². The lowest BCUT2D eigenvalue weighted by molar-refractivity contribution is -0.152. The number of carbonyl (C=O) groups excluding carboxylic acids is 2. The minimum atomic E-state index is -1.59. The number of amides is 1. The molecular weight excluding hydrogens is 338 g/mol. The van der Waals surface area contributed by atoms with Crippen molar-refractivity contribution in [3.05, 3.63) is 65.7 Å². The van der Waals surface area contributed by atoms with E-state index in [4.69, 9.17) is 9.47 Å². The minimum Gasteiger partial charge on any atom is -0.497 e. The van der Waals surface area contributed by atoms with Crippen LogP contribution in [0.25, 0.3) is 0 Å². The van der Waals surface area contributed by atoms with Gasteiger partial charge >= 0.3 is 12.1 Å². The largest absolute Gasteiger partial charge is 0.497 e. The summed E-state index contributed by atoms with van der Waals surface area (Å²) in [6.07, 6.45) is -2.35. The zero-order valence-corrected chi connectivity index (χ0v) is 14.5. The van der Waals surface area contributed by atoms with Gasteiger partial charge in [-0.25, -0.2) is 9.59 Å². The highest BCUT2D eigenvalue weighted by Crippen LogP contribution is 2.21. The first kappa shape index (κ1) is 19.3. The molecule has 0 aliphatic carbocycles. The SMILES string of the molecule is COC(=O)[C@H](O)[C@H](NC(=O)OCc1ccccc1)c1ccc(OC)cc1. The molecule has 0 heterocycles. The Bertz CT molecular complexity index is 717. The molecule has 26 heavy (non-hydrogen) atoms. The van der Waals surface area contributed by atoms with Gasteiger partial charge < -0.3 is 24.6 Å². The fourth-order valence-electron chi connectivity index (χ4n) is 2.30. The maximum Gasteiger partial charge on any atom is 0.408 e. The van der Waals surface area contributed by atoms with E-state index in [2.05, 4.69) is 10.1 Å². The van der Waals surface area contributed by atoms with Crippen molar-refractivity contribution in [1.82, 2.24) is 5.32 Å². The fraction of sp³-hybridized carbons (Fsp3) is 0.263. The van der Waals surface area contributed by atoms with E-state index in [1.807, 2.05) is 30.3 Å². The first-order chi connectivity index (χ1) is 12.5. The Morgan fingerprint density at radius 3 is 2.27 bits per heavy atom. The van der Waals surface area contributed by atoms with Crippen molar-refractivity contribution in [2.75, 3.05) is 14.2 Å². The molecule has 2 N–H and O–H groups in total. The summed E-state index contributed by atoms with van der Waals surface area (Å²) in [5, 5.41) is 12.7. The second-order valence-electron chi connectivity index (χ2n) is 5.42. The van der Waals surface area contributed by atoms with Crippen molar-refractivity contribution in [2.24, 2.45) is 0 Å². The van der Waals surface area contributed by atoms with Crippen LogP contribution in [0, 0.1) is 0 Å². The monoisotopic (exact) mass is 359 g/mol. The molecule has 2 atom stereocenters. The molecule has 0 saturated heterocycles. The van der Waals surface area contributed by atoms with Crippen molar-refractivity contribution in [3.8, 4) is 5.75 Å². The molecule has 0 fully saturated rings. The molecule has 7 heteroatoms. The predicted octanol–water partition coefficient (Wildman–Crippen LogP) is 2.20. The van der Waals surface area contributed by atoms with Gasteiger partial charge in [-0.15, -0.1) is 0 Å². The van der Waals surface area contributed by atoms with Crippen molar-refractivity contribution in [2.45, 2.75) is 18.8 Å². The number of ether oxygens (including phenoxy) is 3. The van der Waals surface area contributed by atoms with Gasteiger partial charge in [-0.2, -0.15) is 0 Å². The van der Waals surface area contributed by atoms with Gasteiger partial charge in [0.1, 0.15) is 12.4 Å². The van der Waals surface area contributed by atoms with Gasteiger partial charge in [0.25, 0.3) is 0 Å².